The maximum Gasteiger partial charge on any atom is 0.242 e. The third kappa shape index (κ3) is 7.61. The SMILES string of the molecule is Cc1ccc(S(=O)(=O)NC(CC(=O)NN=Cc2ccccc2OCc2ccccc2)c2ccccc2)cc1. The molecule has 1 unspecified atom stereocenters. The zero-order chi connectivity index (χ0) is 26.8. The van der Waals surface area contributed by atoms with Gasteiger partial charge in [0.2, 0.25) is 15.9 Å². The fourth-order valence-electron chi connectivity index (χ4n) is 3.74. The molecule has 0 fully saturated rings. The number of nitrogens with zero attached hydrogens (tertiary/aromatic N) is 1. The van der Waals surface area contributed by atoms with Crippen LogP contribution in [-0.2, 0) is 21.4 Å². The zero-order valence-electron chi connectivity index (χ0n) is 20.9. The van der Waals surface area contributed by atoms with Crippen LogP contribution < -0.4 is 14.9 Å². The number of nitrogens with one attached hydrogen (secondary N) is 2. The summed E-state index contributed by atoms with van der Waals surface area (Å²) in [7, 11) is -3.85. The summed E-state index contributed by atoms with van der Waals surface area (Å²) in [4.78, 5) is 12.9. The molecule has 194 valence electrons. The molecule has 0 heterocycles. The highest BCUT2D eigenvalue weighted by molar-refractivity contribution is 7.89. The van der Waals surface area contributed by atoms with Gasteiger partial charge in [-0.15, -0.1) is 0 Å². The molecule has 4 rings (SSSR count). The van der Waals surface area contributed by atoms with E-state index < -0.39 is 22.0 Å². The summed E-state index contributed by atoms with van der Waals surface area (Å²) < 4.78 is 34.6. The van der Waals surface area contributed by atoms with Gasteiger partial charge in [-0.3, -0.25) is 4.79 Å². The Kier molecular flexibility index (Phi) is 9.02. The summed E-state index contributed by atoms with van der Waals surface area (Å²) in [5.41, 5.74) is 5.86. The van der Waals surface area contributed by atoms with Gasteiger partial charge in [0, 0.05) is 12.0 Å². The highest BCUT2D eigenvalue weighted by Gasteiger charge is 2.23. The van der Waals surface area contributed by atoms with Crippen molar-refractivity contribution in [2.45, 2.75) is 30.9 Å². The first-order chi connectivity index (χ1) is 18.4. The number of benzene rings is 4. The Balaban J connectivity index is 1.42. The molecule has 0 aliphatic rings. The summed E-state index contributed by atoms with van der Waals surface area (Å²) in [5, 5.41) is 4.09. The first-order valence-electron chi connectivity index (χ1n) is 12.1. The molecule has 1 amide bonds. The fourth-order valence-corrected chi connectivity index (χ4v) is 4.97. The molecule has 4 aromatic carbocycles. The lowest BCUT2D eigenvalue weighted by Gasteiger charge is -2.18. The number of para-hydroxylation sites is 1. The molecule has 8 heteroatoms. The number of aryl methyl sites for hydroxylation is 1. The van der Waals surface area contributed by atoms with Gasteiger partial charge in [0.15, 0.2) is 0 Å². The number of hydrogen-bond acceptors (Lipinski definition) is 5. The second-order valence-electron chi connectivity index (χ2n) is 8.71. The molecule has 38 heavy (non-hydrogen) atoms. The summed E-state index contributed by atoms with van der Waals surface area (Å²) >= 11 is 0. The van der Waals surface area contributed by atoms with Crippen molar-refractivity contribution in [2.24, 2.45) is 5.10 Å². The van der Waals surface area contributed by atoms with E-state index >= 15 is 0 Å². The molecule has 0 spiro atoms. The molecular weight excluding hydrogens is 498 g/mol. The number of ether oxygens (including phenoxy) is 1. The number of carbonyl (C=O) groups is 1. The molecule has 0 radical (unpaired) electrons. The number of hydrogen-bond donors (Lipinski definition) is 2. The van der Waals surface area contributed by atoms with E-state index in [0.29, 0.717) is 23.5 Å². The molecule has 7 nitrogen and oxygen atoms in total. The zero-order valence-corrected chi connectivity index (χ0v) is 21.8. The molecule has 0 aliphatic heterocycles. The van der Waals surface area contributed by atoms with Gasteiger partial charge in [-0.1, -0.05) is 90.5 Å². The Hall–Kier alpha value is -4.27. The summed E-state index contributed by atoms with van der Waals surface area (Å²) in [6.07, 6.45) is 1.37. The van der Waals surface area contributed by atoms with Crippen LogP contribution in [0.25, 0.3) is 0 Å². The number of rotatable bonds is 11. The molecule has 1 atom stereocenters. The van der Waals surface area contributed by atoms with Crippen molar-refractivity contribution in [2.75, 3.05) is 0 Å². The van der Waals surface area contributed by atoms with Crippen LogP contribution >= 0.6 is 0 Å². The number of carbonyl (C=O) groups excluding carboxylic acids is 1. The van der Waals surface area contributed by atoms with Gasteiger partial charge < -0.3 is 4.74 Å². The van der Waals surface area contributed by atoms with E-state index in [1.54, 1.807) is 48.5 Å². The van der Waals surface area contributed by atoms with E-state index in [1.165, 1.54) is 6.21 Å². The highest BCUT2D eigenvalue weighted by atomic mass is 32.2. The molecule has 0 bridgehead atoms. The second-order valence-corrected chi connectivity index (χ2v) is 10.4. The van der Waals surface area contributed by atoms with E-state index in [-0.39, 0.29) is 11.3 Å². The molecule has 0 aliphatic carbocycles. The van der Waals surface area contributed by atoms with Crippen LogP contribution in [0.15, 0.2) is 119 Å². The van der Waals surface area contributed by atoms with Gasteiger partial charge in [0.05, 0.1) is 17.2 Å². The number of hydrazone groups is 1. The van der Waals surface area contributed by atoms with Crippen LogP contribution in [0.5, 0.6) is 5.75 Å². The van der Waals surface area contributed by atoms with Crippen molar-refractivity contribution < 1.29 is 17.9 Å². The minimum Gasteiger partial charge on any atom is -0.488 e. The van der Waals surface area contributed by atoms with Gasteiger partial charge in [-0.25, -0.2) is 18.6 Å². The fraction of sp³-hybridized carbons (Fsp3) is 0.133. The van der Waals surface area contributed by atoms with E-state index in [2.05, 4.69) is 15.2 Å². The first-order valence-corrected chi connectivity index (χ1v) is 13.6. The summed E-state index contributed by atoms with van der Waals surface area (Å²) in [5.74, 6) is 0.187. The Morgan fingerprint density at radius 3 is 2.21 bits per heavy atom. The van der Waals surface area contributed by atoms with Crippen molar-refractivity contribution in [1.82, 2.24) is 10.1 Å². The lowest BCUT2D eigenvalue weighted by atomic mass is 10.0. The van der Waals surface area contributed by atoms with Crippen LogP contribution in [0.1, 0.15) is 34.7 Å². The lowest BCUT2D eigenvalue weighted by Crippen LogP contribution is -2.32. The average molecular weight is 528 g/mol. The third-order valence-electron chi connectivity index (χ3n) is 5.77. The van der Waals surface area contributed by atoms with Crippen molar-refractivity contribution in [3.8, 4) is 5.75 Å². The average Bonchev–Trinajstić information content (AvgIpc) is 2.93. The van der Waals surface area contributed by atoms with Crippen LogP contribution in [-0.4, -0.2) is 20.5 Å². The molecular formula is C30H29N3O4S. The Morgan fingerprint density at radius 1 is 0.868 bits per heavy atom. The van der Waals surface area contributed by atoms with Crippen molar-refractivity contribution in [3.63, 3.8) is 0 Å². The molecule has 0 aromatic heterocycles. The Labute approximate surface area is 223 Å². The molecule has 4 aromatic rings. The van der Waals surface area contributed by atoms with Crippen LogP contribution in [0.3, 0.4) is 0 Å². The van der Waals surface area contributed by atoms with Crippen LogP contribution in [0.4, 0.5) is 0 Å². The first kappa shape index (κ1) is 26.8. The van der Waals surface area contributed by atoms with E-state index in [9.17, 15) is 13.2 Å². The predicted octanol–water partition coefficient (Wildman–Crippen LogP) is 5.13. The highest BCUT2D eigenvalue weighted by Crippen LogP contribution is 2.21. The van der Waals surface area contributed by atoms with Gasteiger partial charge in [-0.05, 0) is 42.3 Å². The molecule has 0 saturated carbocycles. The van der Waals surface area contributed by atoms with E-state index in [4.69, 9.17) is 4.74 Å². The van der Waals surface area contributed by atoms with E-state index in [0.717, 1.165) is 11.1 Å². The van der Waals surface area contributed by atoms with Gasteiger partial charge in [0.25, 0.3) is 0 Å². The Morgan fingerprint density at radius 2 is 1.50 bits per heavy atom. The quantitative estimate of drug-likeness (QED) is 0.209. The Bertz CT molecular complexity index is 1470. The maximum atomic E-state index is 13.0. The molecule has 2 N–H and O–H groups in total. The minimum absolute atomic E-state index is 0.134. The van der Waals surface area contributed by atoms with Crippen LogP contribution in [0, 0.1) is 6.92 Å². The van der Waals surface area contributed by atoms with Crippen molar-refractivity contribution in [1.29, 1.82) is 0 Å². The van der Waals surface area contributed by atoms with Gasteiger partial charge in [-0.2, -0.15) is 5.10 Å². The summed E-state index contributed by atoms with van der Waals surface area (Å²) in [6, 6.07) is 31.9. The van der Waals surface area contributed by atoms with E-state index in [1.807, 2.05) is 67.6 Å². The maximum absolute atomic E-state index is 13.0. The van der Waals surface area contributed by atoms with Gasteiger partial charge in [0.1, 0.15) is 12.4 Å². The largest absolute Gasteiger partial charge is 0.488 e. The smallest absolute Gasteiger partial charge is 0.242 e. The van der Waals surface area contributed by atoms with Crippen molar-refractivity contribution in [3.05, 3.63) is 131 Å². The number of sulfonamides is 1. The topological polar surface area (TPSA) is 96.9 Å². The molecule has 0 saturated heterocycles. The predicted molar refractivity (Wildman–Crippen MR) is 148 cm³/mol. The minimum atomic E-state index is -3.85. The third-order valence-corrected chi connectivity index (χ3v) is 7.26. The normalized spacial score (nSPS) is 12.2. The second kappa shape index (κ2) is 12.8. The lowest BCUT2D eigenvalue weighted by molar-refractivity contribution is -0.121. The monoisotopic (exact) mass is 527 g/mol. The van der Waals surface area contributed by atoms with Crippen LogP contribution in [0.2, 0.25) is 0 Å². The standard InChI is InChI=1S/C30H29N3O4S/c1-23-16-18-27(19-17-23)38(35,36)33-28(25-12-6-3-7-13-25)20-30(34)32-31-21-26-14-8-9-15-29(26)37-22-24-10-4-2-5-11-24/h2-19,21,28,33H,20,22H2,1H3,(H,32,34). The number of amides is 1. The summed E-state index contributed by atoms with van der Waals surface area (Å²) in [6.45, 7) is 2.28. The van der Waals surface area contributed by atoms with Crippen molar-refractivity contribution >= 4 is 22.1 Å². The van der Waals surface area contributed by atoms with Gasteiger partial charge >= 0.3 is 0 Å².